The molecule has 2 heterocycles. The Morgan fingerprint density at radius 2 is 2.15 bits per heavy atom. The molecule has 1 amide bonds. The normalized spacial score (nSPS) is 14.4. The summed E-state index contributed by atoms with van der Waals surface area (Å²) in [7, 11) is 0. The van der Waals surface area contributed by atoms with Crippen molar-refractivity contribution in [1.82, 2.24) is 4.98 Å². The largest absolute Gasteiger partial charge is 0.446 e. The lowest BCUT2D eigenvalue weighted by Crippen LogP contribution is -2.49. The molecule has 0 saturated carbocycles. The van der Waals surface area contributed by atoms with Gasteiger partial charge < -0.3 is 10.2 Å². The van der Waals surface area contributed by atoms with Crippen LogP contribution in [0.5, 0.6) is 0 Å². The number of furan rings is 1. The molecule has 0 radical (unpaired) electrons. The highest BCUT2D eigenvalue weighted by molar-refractivity contribution is 6.13. The van der Waals surface area contributed by atoms with Crippen LogP contribution in [0, 0.1) is 5.92 Å². The molecule has 20 heavy (non-hydrogen) atoms. The highest BCUT2D eigenvalue weighted by atomic mass is 16.3. The summed E-state index contributed by atoms with van der Waals surface area (Å²) in [6.07, 6.45) is 3.31. The topological polar surface area (TPSA) is 86.2 Å². The van der Waals surface area contributed by atoms with Crippen LogP contribution in [-0.2, 0) is 15.0 Å². The first-order valence-electron chi connectivity index (χ1n) is 6.62. The first kappa shape index (κ1) is 14.2. The van der Waals surface area contributed by atoms with E-state index in [4.69, 9.17) is 10.2 Å². The van der Waals surface area contributed by atoms with Crippen LogP contribution < -0.4 is 5.73 Å². The molecule has 2 aromatic heterocycles. The van der Waals surface area contributed by atoms with Crippen molar-refractivity contribution in [1.29, 1.82) is 0 Å². The summed E-state index contributed by atoms with van der Waals surface area (Å²) in [5.74, 6) is -1.15. The molecule has 0 fully saturated rings. The Bertz CT molecular complexity index is 660. The molecular weight excluding hydrogens is 256 g/mol. The maximum absolute atomic E-state index is 12.6. The van der Waals surface area contributed by atoms with Crippen LogP contribution >= 0.6 is 0 Å². The van der Waals surface area contributed by atoms with E-state index in [-0.39, 0.29) is 11.7 Å². The van der Waals surface area contributed by atoms with Crippen molar-refractivity contribution >= 4 is 22.8 Å². The van der Waals surface area contributed by atoms with Gasteiger partial charge in [-0.25, -0.2) is 4.98 Å². The van der Waals surface area contributed by atoms with Gasteiger partial charge in [0, 0.05) is 23.1 Å². The van der Waals surface area contributed by atoms with E-state index in [2.05, 4.69) is 4.98 Å². The molecule has 2 aromatic rings. The summed E-state index contributed by atoms with van der Waals surface area (Å²) in [6.45, 7) is 5.30. The van der Waals surface area contributed by atoms with Crippen molar-refractivity contribution in [2.75, 3.05) is 0 Å². The minimum Gasteiger partial charge on any atom is -0.446 e. The fourth-order valence-corrected chi connectivity index (χ4v) is 2.62. The third kappa shape index (κ3) is 1.90. The van der Waals surface area contributed by atoms with Crippen LogP contribution in [0.25, 0.3) is 11.1 Å². The molecule has 2 N–H and O–H groups in total. The quantitative estimate of drug-likeness (QED) is 0.847. The lowest BCUT2D eigenvalue weighted by atomic mass is 9.71. The van der Waals surface area contributed by atoms with Crippen LogP contribution in [0.15, 0.2) is 29.0 Å². The fraction of sp³-hybridized carbons (Fsp3) is 0.400. The predicted molar refractivity (Wildman–Crippen MR) is 75.0 cm³/mol. The average Bonchev–Trinajstić information content (AvgIpc) is 2.84. The van der Waals surface area contributed by atoms with Gasteiger partial charge >= 0.3 is 0 Å². The Balaban J connectivity index is 2.75. The van der Waals surface area contributed by atoms with Gasteiger partial charge in [0.2, 0.25) is 11.6 Å². The van der Waals surface area contributed by atoms with E-state index in [0.717, 1.165) is 0 Å². The number of primary amides is 1. The zero-order valence-corrected chi connectivity index (χ0v) is 11.8. The van der Waals surface area contributed by atoms with Crippen molar-refractivity contribution in [3.8, 4) is 0 Å². The highest BCUT2D eigenvalue weighted by Gasteiger charge is 2.47. The number of fused-ring (bicyclic) bond motifs is 1. The molecule has 0 aliphatic heterocycles. The zero-order valence-electron chi connectivity index (χ0n) is 11.8. The van der Waals surface area contributed by atoms with Gasteiger partial charge in [0.25, 0.3) is 0 Å². The number of ketones is 1. The molecule has 1 atom stereocenters. The van der Waals surface area contributed by atoms with Crippen LogP contribution in [0.2, 0.25) is 0 Å². The highest BCUT2D eigenvalue weighted by Crippen LogP contribution is 2.36. The van der Waals surface area contributed by atoms with E-state index < -0.39 is 11.3 Å². The molecule has 0 bridgehead atoms. The number of pyridine rings is 1. The molecular formula is C15H18N2O3. The number of hydrogen-bond donors (Lipinski definition) is 1. The van der Waals surface area contributed by atoms with Crippen LogP contribution in [0.3, 0.4) is 0 Å². The van der Waals surface area contributed by atoms with Crippen LogP contribution in [0.4, 0.5) is 0 Å². The van der Waals surface area contributed by atoms with Crippen molar-refractivity contribution in [2.45, 2.75) is 32.6 Å². The van der Waals surface area contributed by atoms with Gasteiger partial charge in [-0.3, -0.25) is 9.59 Å². The Hall–Kier alpha value is -2.17. The summed E-state index contributed by atoms with van der Waals surface area (Å²) >= 11 is 0. The SMILES string of the molecule is CCC(C(N)=O)(C(=O)C(C)C)c1coc2ncccc12. The van der Waals surface area contributed by atoms with E-state index in [9.17, 15) is 9.59 Å². The lowest BCUT2D eigenvalue weighted by Gasteiger charge is -2.28. The van der Waals surface area contributed by atoms with E-state index in [1.165, 1.54) is 6.26 Å². The minimum atomic E-state index is -1.36. The second-order valence-corrected chi connectivity index (χ2v) is 5.15. The summed E-state index contributed by atoms with van der Waals surface area (Å²) < 4.78 is 5.37. The zero-order chi connectivity index (χ0) is 14.9. The van der Waals surface area contributed by atoms with Gasteiger partial charge in [-0.15, -0.1) is 0 Å². The van der Waals surface area contributed by atoms with E-state index >= 15 is 0 Å². The molecule has 106 valence electrons. The molecule has 2 rings (SSSR count). The summed E-state index contributed by atoms with van der Waals surface area (Å²) in [6, 6.07) is 3.52. The number of carbonyl (C=O) groups is 2. The standard InChI is InChI=1S/C15H18N2O3/c1-4-15(14(16)19,12(18)9(2)3)11-8-20-13-10(11)6-5-7-17-13/h5-9H,4H2,1-3H3,(H2,16,19). The first-order chi connectivity index (χ1) is 9.45. The van der Waals surface area contributed by atoms with Gasteiger partial charge in [0.15, 0.2) is 5.78 Å². The molecule has 0 aliphatic carbocycles. The number of amides is 1. The molecule has 0 spiro atoms. The number of aromatic nitrogens is 1. The predicted octanol–water partition coefficient (Wildman–Crippen LogP) is 2.19. The van der Waals surface area contributed by atoms with Gasteiger partial charge in [-0.05, 0) is 18.6 Å². The molecule has 0 aliphatic rings. The average molecular weight is 274 g/mol. The summed E-state index contributed by atoms with van der Waals surface area (Å²) in [5, 5.41) is 0.655. The van der Waals surface area contributed by atoms with Crippen molar-refractivity contribution < 1.29 is 14.0 Å². The summed E-state index contributed by atoms with van der Waals surface area (Å²) in [4.78, 5) is 28.8. The Labute approximate surface area is 117 Å². The van der Waals surface area contributed by atoms with Gasteiger partial charge in [-0.1, -0.05) is 20.8 Å². The molecule has 5 heteroatoms. The summed E-state index contributed by atoms with van der Waals surface area (Å²) in [5.41, 5.74) is 5.13. The maximum Gasteiger partial charge on any atom is 0.235 e. The fourth-order valence-electron chi connectivity index (χ4n) is 2.62. The molecule has 1 unspecified atom stereocenters. The third-order valence-electron chi connectivity index (χ3n) is 3.71. The number of Topliss-reactive ketones (excluding diaryl/α,β-unsaturated/α-hetero) is 1. The second kappa shape index (κ2) is 5.07. The van der Waals surface area contributed by atoms with Crippen LogP contribution in [-0.4, -0.2) is 16.7 Å². The number of carbonyl (C=O) groups excluding carboxylic acids is 2. The first-order valence-corrected chi connectivity index (χ1v) is 6.62. The van der Waals surface area contributed by atoms with Gasteiger partial charge in [0.05, 0.1) is 6.26 Å². The van der Waals surface area contributed by atoms with E-state index in [1.807, 2.05) is 0 Å². The number of nitrogens with two attached hydrogens (primary N) is 1. The minimum absolute atomic E-state index is 0.195. The number of rotatable bonds is 5. The molecule has 0 aromatic carbocycles. The van der Waals surface area contributed by atoms with Gasteiger partial charge in [0.1, 0.15) is 5.41 Å². The Kier molecular flexibility index (Phi) is 3.61. The smallest absolute Gasteiger partial charge is 0.235 e. The second-order valence-electron chi connectivity index (χ2n) is 5.15. The Morgan fingerprint density at radius 3 is 2.70 bits per heavy atom. The third-order valence-corrected chi connectivity index (χ3v) is 3.71. The van der Waals surface area contributed by atoms with Crippen molar-refractivity contribution in [3.05, 3.63) is 30.2 Å². The van der Waals surface area contributed by atoms with Crippen molar-refractivity contribution in [3.63, 3.8) is 0 Å². The monoisotopic (exact) mass is 274 g/mol. The van der Waals surface area contributed by atoms with E-state index in [1.54, 1.807) is 39.1 Å². The lowest BCUT2D eigenvalue weighted by molar-refractivity contribution is -0.136. The number of nitrogens with zero attached hydrogens (tertiary/aromatic N) is 1. The van der Waals surface area contributed by atoms with Gasteiger partial charge in [-0.2, -0.15) is 0 Å². The van der Waals surface area contributed by atoms with E-state index in [0.29, 0.717) is 23.1 Å². The Morgan fingerprint density at radius 1 is 1.45 bits per heavy atom. The molecule has 5 nitrogen and oxygen atoms in total. The van der Waals surface area contributed by atoms with Crippen LogP contribution in [0.1, 0.15) is 32.8 Å². The molecule has 0 saturated heterocycles. The van der Waals surface area contributed by atoms with Crippen molar-refractivity contribution in [2.24, 2.45) is 11.7 Å². The number of hydrogen-bond acceptors (Lipinski definition) is 4. The maximum atomic E-state index is 12.6.